The third-order valence-corrected chi connectivity index (χ3v) is 3.85. The largest absolute Gasteiger partial charge is 0.364 e. The molecular formula is C17H14N6O. The number of nitrogens with zero attached hydrogens (tertiary/aromatic N) is 4. The van der Waals surface area contributed by atoms with Crippen molar-refractivity contribution in [2.24, 2.45) is 5.73 Å². The molecule has 1 aliphatic rings. The van der Waals surface area contributed by atoms with Gasteiger partial charge < -0.3 is 11.1 Å². The Hall–Kier alpha value is -3.48. The fourth-order valence-corrected chi connectivity index (χ4v) is 2.76. The number of hydrogen-bond acceptors (Lipinski definition) is 6. The van der Waals surface area contributed by atoms with Crippen LogP contribution in [0.25, 0.3) is 0 Å². The first-order chi connectivity index (χ1) is 11.7. The molecule has 4 rings (SSSR count). The number of nitrogens with one attached hydrogen (secondary N) is 1. The summed E-state index contributed by atoms with van der Waals surface area (Å²) in [6.07, 6.45) is 4.80. The summed E-state index contributed by atoms with van der Waals surface area (Å²) in [6, 6.07) is 13.2. The number of anilines is 3. The van der Waals surface area contributed by atoms with E-state index in [1.165, 1.54) is 12.3 Å². The quantitative estimate of drug-likeness (QED) is 0.768. The van der Waals surface area contributed by atoms with E-state index in [0.717, 1.165) is 16.9 Å². The fraction of sp³-hybridized carbons (Fsp3) is 0.0588. The first-order valence-corrected chi connectivity index (χ1v) is 7.41. The number of aromatic nitrogens is 3. The Labute approximate surface area is 138 Å². The van der Waals surface area contributed by atoms with Crippen molar-refractivity contribution in [3.8, 4) is 0 Å². The van der Waals surface area contributed by atoms with Crippen LogP contribution in [0.5, 0.6) is 0 Å². The van der Waals surface area contributed by atoms with Crippen LogP contribution < -0.4 is 16.0 Å². The van der Waals surface area contributed by atoms with Gasteiger partial charge in [0.1, 0.15) is 11.9 Å². The Kier molecular flexibility index (Phi) is 3.31. The molecule has 1 aromatic carbocycles. The predicted molar refractivity (Wildman–Crippen MR) is 89.7 cm³/mol. The van der Waals surface area contributed by atoms with Crippen LogP contribution in [0.4, 0.5) is 17.3 Å². The highest BCUT2D eigenvalue weighted by Crippen LogP contribution is 2.44. The molecule has 7 nitrogen and oxygen atoms in total. The number of primary amides is 1. The zero-order chi connectivity index (χ0) is 16.5. The van der Waals surface area contributed by atoms with E-state index in [4.69, 9.17) is 5.73 Å². The average Bonchev–Trinajstić information content (AvgIpc) is 3.02. The summed E-state index contributed by atoms with van der Waals surface area (Å²) in [5.41, 5.74) is 8.43. The van der Waals surface area contributed by atoms with Gasteiger partial charge in [-0.25, -0.2) is 9.97 Å². The number of carbonyl (C=O) groups excluding carboxylic acids is 1. The molecule has 0 fully saturated rings. The molecule has 0 aliphatic carbocycles. The topological polar surface area (TPSA) is 97.0 Å². The molecule has 1 aliphatic heterocycles. The minimum Gasteiger partial charge on any atom is -0.364 e. The second-order valence-corrected chi connectivity index (χ2v) is 5.32. The van der Waals surface area contributed by atoms with Crippen LogP contribution in [0.1, 0.15) is 22.2 Å². The summed E-state index contributed by atoms with van der Waals surface area (Å²) in [4.78, 5) is 26.1. The molecule has 0 radical (unpaired) electrons. The number of amides is 1. The van der Waals surface area contributed by atoms with Crippen molar-refractivity contribution in [3.63, 3.8) is 0 Å². The molecule has 1 unspecified atom stereocenters. The lowest BCUT2D eigenvalue weighted by atomic mass is 10.2. The third kappa shape index (κ3) is 2.32. The first-order valence-electron chi connectivity index (χ1n) is 7.41. The molecule has 0 saturated heterocycles. The second-order valence-electron chi connectivity index (χ2n) is 5.32. The number of para-hydroxylation sites is 2. The molecule has 3 N–H and O–H groups in total. The van der Waals surface area contributed by atoms with Gasteiger partial charge in [-0.1, -0.05) is 12.1 Å². The summed E-state index contributed by atoms with van der Waals surface area (Å²) in [5, 5.41) is 3.45. The molecule has 24 heavy (non-hydrogen) atoms. The van der Waals surface area contributed by atoms with Gasteiger partial charge in [-0.15, -0.1) is 0 Å². The molecule has 7 heteroatoms. The maximum absolute atomic E-state index is 11.5. The predicted octanol–water partition coefficient (Wildman–Crippen LogP) is 2.23. The van der Waals surface area contributed by atoms with Gasteiger partial charge in [0, 0.05) is 18.6 Å². The van der Waals surface area contributed by atoms with E-state index in [1.54, 1.807) is 12.4 Å². The molecule has 2 aromatic heterocycles. The van der Waals surface area contributed by atoms with Crippen molar-refractivity contribution in [2.45, 2.75) is 6.17 Å². The summed E-state index contributed by atoms with van der Waals surface area (Å²) >= 11 is 0. The normalized spacial score (nSPS) is 15.7. The smallest absolute Gasteiger partial charge is 0.267 e. The van der Waals surface area contributed by atoms with Gasteiger partial charge in [-0.3, -0.25) is 14.7 Å². The van der Waals surface area contributed by atoms with Gasteiger partial charge in [-0.05, 0) is 35.9 Å². The SMILES string of the molecule is NC(=O)c1ccnc(N2c3ccccc3NC2c2ccncc2)n1. The average molecular weight is 318 g/mol. The first kappa shape index (κ1) is 14.1. The van der Waals surface area contributed by atoms with E-state index < -0.39 is 5.91 Å². The summed E-state index contributed by atoms with van der Waals surface area (Å²) in [7, 11) is 0. The van der Waals surface area contributed by atoms with Gasteiger partial charge in [-0.2, -0.15) is 0 Å². The molecule has 0 saturated carbocycles. The number of carbonyl (C=O) groups is 1. The van der Waals surface area contributed by atoms with Crippen molar-refractivity contribution < 1.29 is 4.79 Å². The van der Waals surface area contributed by atoms with E-state index in [-0.39, 0.29) is 11.9 Å². The van der Waals surface area contributed by atoms with Crippen molar-refractivity contribution in [1.29, 1.82) is 0 Å². The lowest BCUT2D eigenvalue weighted by Crippen LogP contribution is -2.26. The highest BCUT2D eigenvalue weighted by atomic mass is 16.1. The maximum Gasteiger partial charge on any atom is 0.267 e. The van der Waals surface area contributed by atoms with Crippen LogP contribution in [0.15, 0.2) is 61.1 Å². The van der Waals surface area contributed by atoms with Crippen LogP contribution in [-0.4, -0.2) is 20.9 Å². The number of benzene rings is 1. The molecule has 118 valence electrons. The van der Waals surface area contributed by atoms with E-state index >= 15 is 0 Å². The number of fused-ring (bicyclic) bond motifs is 1. The van der Waals surface area contributed by atoms with Crippen molar-refractivity contribution in [3.05, 3.63) is 72.3 Å². The van der Waals surface area contributed by atoms with Crippen LogP contribution in [0.3, 0.4) is 0 Å². The minimum absolute atomic E-state index is 0.179. The summed E-state index contributed by atoms with van der Waals surface area (Å²) < 4.78 is 0. The number of rotatable bonds is 3. The third-order valence-electron chi connectivity index (χ3n) is 3.85. The van der Waals surface area contributed by atoms with Crippen LogP contribution in [0, 0.1) is 0 Å². The number of nitrogens with two attached hydrogens (primary N) is 1. The fourth-order valence-electron chi connectivity index (χ4n) is 2.76. The Balaban J connectivity index is 1.85. The zero-order valence-electron chi connectivity index (χ0n) is 12.6. The molecule has 3 aromatic rings. The van der Waals surface area contributed by atoms with Gasteiger partial charge in [0.2, 0.25) is 5.95 Å². The minimum atomic E-state index is -0.584. The summed E-state index contributed by atoms with van der Waals surface area (Å²) in [5.74, 6) is -0.176. The molecule has 0 spiro atoms. The van der Waals surface area contributed by atoms with Crippen LogP contribution in [-0.2, 0) is 0 Å². The highest BCUT2D eigenvalue weighted by Gasteiger charge is 2.32. The lowest BCUT2D eigenvalue weighted by Gasteiger charge is -2.25. The Morgan fingerprint density at radius 3 is 2.67 bits per heavy atom. The molecule has 1 amide bonds. The monoisotopic (exact) mass is 318 g/mol. The summed E-state index contributed by atoms with van der Waals surface area (Å²) in [6.45, 7) is 0. The number of pyridine rings is 1. The van der Waals surface area contributed by atoms with Crippen LogP contribution >= 0.6 is 0 Å². The zero-order valence-corrected chi connectivity index (χ0v) is 12.6. The Morgan fingerprint density at radius 1 is 1.08 bits per heavy atom. The Bertz CT molecular complexity index is 898. The van der Waals surface area contributed by atoms with E-state index in [2.05, 4.69) is 20.3 Å². The lowest BCUT2D eigenvalue weighted by molar-refractivity contribution is 0.0995. The molecule has 3 heterocycles. The van der Waals surface area contributed by atoms with Crippen molar-refractivity contribution in [2.75, 3.05) is 10.2 Å². The van der Waals surface area contributed by atoms with Crippen molar-refractivity contribution >= 4 is 23.2 Å². The van der Waals surface area contributed by atoms with Gasteiger partial charge in [0.05, 0.1) is 11.4 Å². The maximum atomic E-state index is 11.5. The van der Waals surface area contributed by atoms with E-state index in [9.17, 15) is 4.79 Å². The van der Waals surface area contributed by atoms with E-state index in [0.29, 0.717) is 5.95 Å². The van der Waals surface area contributed by atoms with Gasteiger partial charge >= 0.3 is 0 Å². The van der Waals surface area contributed by atoms with Crippen molar-refractivity contribution in [1.82, 2.24) is 15.0 Å². The molecule has 1 atom stereocenters. The highest BCUT2D eigenvalue weighted by molar-refractivity contribution is 5.91. The molecule has 0 bridgehead atoms. The second kappa shape index (κ2) is 5.62. The Morgan fingerprint density at radius 2 is 1.88 bits per heavy atom. The van der Waals surface area contributed by atoms with Gasteiger partial charge in [0.25, 0.3) is 5.91 Å². The van der Waals surface area contributed by atoms with E-state index in [1.807, 2.05) is 41.3 Å². The number of hydrogen-bond donors (Lipinski definition) is 2. The standard InChI is InChI=1S/C17H14N6O/c18-15(24)13-7-10-20-17(22-13)23-14-4-2-1-3-12(14)21-16(23)11-5-8-19-9-6-11/h1-10,16,21H,(H2,18,24). The van der Waals surface area contributed by atoms with Crippen LogP contribution in [0.2, 0.25) is 0 Å². The van der Waals surface area contributed by atoms with Gasteiger partial charge in [0.15, 0.2) is 0 Å². The molecular weight excluding hydrogens is 304 g/mol.